The molecular weight excluding hydrogens is 597 g/mol. The number of hydrogen-bond acceptors (Lipinski definition) is 5. The van der Waals surface area contributed by atoms with Crippen LogP contribution in [0, 0.1) is 0 Å². The maximum Gasteiger partial charge on any atom is 0.416 e. The van der Waals surface area contributed by atoms with Gasteiger partial charge < -0.3 is 9.47 Å². The van der Waals surface area contributed by atoms with Gasteiger partial charge in [-0.15, -0.1) is 0 Å². The van der Waals surface area contributed by atoms with Crippen LogP contribution in [-0.2, 0) is 19.9 Å². The SMILES string of the molecule is CC(C)(C)Oc1ccc(S(OS(=O)(=O)c2ccc(C(F)(F)F)cc2)(c2ccccc2)c2ccccc2)c(OC(C)(C)C)c1. The highest BCUT2D eigenvalue weighted by atomic mass is 32.3. The minimum Gasteiger partial charge on any atom is -0.488 e. The van der Waals surface area contributed by atoms with E-state index in [1.165, 1.54) is 0 Å². The van der Waals surface area contributed by atoms with Gasteiger partial charge in [-0.1, -0.05) is 36.4 Å². The fourth-order valence-corrected chi connectivity index (χ4v) is 9.55. The number of benzene rings is 4. The van der Waals surface area contributed by atoms with Crippen molar-refractivity contribution in [2.24, 2.45) is 0 Å². The van der Waals surface area contributed by atoms with Gasteiger partial charge in [-0.25, -0.2) is 3.63 Å². The number of hydrogen-bond donors (Lipinski definition) is 0. The molecule has 4 aromatic rings. The molecule has 0 atom stereocenters. The van der Waals surface area contributed by atoms with E-state index in [0.717, 1.165) is 24.3 Å². The second-order valence-corrected chi connectivity index (χ2v) is 16.2. The van der Waals surface area contributed by atoms with Gasteiger partial charge in [-0.3, -0.25) is 0 Å². The van der Waals surface area contributed by atoms with Crippen molar-refractivity contribution < 1.29 is 34.7 Å². The monoisotopic (exact) mass is 632 g/mol. The molecule has 0 bridgehead atoms. The van der Waals surface area contributed by atoms with Gasteiger partial charge in [-0.05, 0) is 113 Å². The van der Waals surface area contributed by atoms with Crippen LogP contribution in [0.15, 0.2) is 123 Å². The van der Waals surface area contributed by atoms with Gasteiger partial charge in [0.2, 0.25) is 0 Å². The van der Waals surface area contributed by atoms with E-state index < -0.39 is 48.3 Å². The van der Waals surface area contributed by atoms with Crippen LogP contribution in [0.2, 0.25) is 0 Å². The molecule has 4 aromatic carbocycles. The summed E-state index contributed by atoms with van der Waals surface area (Å²) in [4.78, 5) is 1.12. The molecule has 10 heteroatoms. The van der Waals surface area contributed by atoms with Crippen molar-refractivity contribution in [2.45, 2.75) is 78.5 Å². The highest BCUT2D eigenvalue weighted by molar-refractivity contribution is 8.33. The van der Waals surface area contributed by atoms with E-state index in [2.05, 4.69) is 0 Å². The molecule has 4 rings (SSSR count). The number of halogens is 3. The third-order valence-corrected chi connectivity index (χ3v) is 11.1. The molecule has 0 N–H and O–H groups in total. The predicted molar refractivity (Wildman–Crippen MR) is 162 cm³/mol. The van der Waals surface area contributed by atoms with Crippen molar-refractivity contribution in [3.8, 4) is 11.5 Å². The zero-order valence-corrected chi connectivity index (χ0v) is 26.4. The molecule has 43 heavy (non-hydrogen) atoms. The quantitative estimate of drug-likeness (QED) is 0.194. The molecule has 0 aliphatic rings. The molecule has 5 nitrogen and oxygen atoms in total. The summed E-state index contributed by atoms with van der Waals surface area (Å²) in [6.45, 7) is 11.3. The van der Waals surface area contributed by atoms with Gasteiger partial charge in [0.1, 0.15) is 22.7 Å². The van der Waals surface area contributed by atoms with Crippen LogP contribution in [-0.4, -0.2) is 19.6 Å². The zero-order valence-electron chi connectivity index (χ0n) is 24.8. The smallest absolute Gasteiger partial charge is 0.416 e. The van der Waals surface area contributed by atoms with Gasteiger partial charge in [0.25, 0.3) is 0 Å². The van der Waals surface area contributed by atoms with E-state index in [0.29, 0.717) is 26.2 Å². The summed E-state index contributed by atoms with van der Waals surface area (Å²) in [5.74, 6) is 0.857. The lowest BCUT2D eigenvalue weighted by Crippen LogP contribution is -2.25. The first-order valence-electron chi connectivity index (χ1n) is 13.5. The van der Waals surface area contributed by atoms with Crippen LogP contribution in [0.25, 0.3) is 0 Å². The largest absolute Gasteiger partial charge is 0.488 e. The van der Waals surface area contributed by atoms with Gasteiger partial charge in [0, 0.05) is 15.9 Å². The fourth-order valence-electron chi connectivity index (χ4n) is 4.27. The standard InChI is InChI=1S/C33H35F3O5S2/c1-31(2,3)39-25-19-22-30(29(23-25)40-32(4,5)6)42(26-13-9-7-10-14-26,27-15-11-8-12-16-27)41-43(37,38)28-20-17-24(18-21-28)33(34,35)36/h7-23H,1-6H3. The van der Waals surface area contributed by atoms with Crippen LogP contribution >= 0.6 is 10.3 Å². The first-order valence-corrected chi connectivity index (χ1v) is 16.5. The van der Waals surface area contributed by atoms with Crippen molar-refractivity contribution >= 4 is 20.4 Å². The summed E-state index contributed by atoms with van der Waals surface area (Å²) in [6.07, 6.45) is -4.62. The average Bonchev–Trinajstić information content (AvgIpc) is 2.91. The van der Waals surface area contributed by atoms with E-state index in [4.69, 9.17) is 13.1 Å². The number of rotatable bonds is 8. The van der Waals surface area contributed by atoms with Crippen molar-refractivity contribution in [2.75, 3.05) is 0 Å². The Hall–Kier alpha value is -3.47. The minimum atomic E-state index is -4.64. The highest BCUT2D eigenvalue weighted by Gasteiger charge is 2.41. The number of alkyl halides is 3. The Bertz CT molecular complexity index is 1600. The van der Waals surface area contributed by atoms with Gasteiger partial charge in [0.15, 0.2) is 0 Å². The van der Waals surface area contributed by atoms with E-state index in [9.17, 15) is 21.6 Å². The third-order valence-electron chi connectivity index (χ3n) is 5.88. The molecule has 0 radical (unpaired) electrons. The van der Waals surface area contributed by atoms with Crippen molar-refractivity contribution in [3.05, 3.63) is 109 Å². The van der Waals surface area contributed by atoms with Gasteiger partial charge in [0.05, 0.1) is 15.4 Å². The lowest BCUT2D eigenvalue weighted by Gasteiger charge is -2.41. The fraction of sp³-hybridized carbons (Fsp3) is 0.273. The Morgan fingerprint density at radius 1 is 0.581 bits per heavy atom. The van der Waals surface area contributed by atoms with Crippen LogP contribution in [0.1, 0.15) is 47.1 Å². The topological polar surface area (TPSA) is 61.8 Å². The molecule has 0 unspecified atom stereocenters. The second-order valence-electron chi connectivity index (χ2n) is 11.8. The molecule has 0 amide bonds. The lowest BCUT2D eigenvalue weighted by atomic mass is 10.2. The molecule has 0 saturated carbocycles. The molecule has 0 heterocycles. The Kier molecular flexibility index (Phi) is 8.98. The molecular formula is C33H35F3O5S2. The van der Waals surface area contributed by atoms with Gasteiger partial charge >= 0.3 is 16.3 Å². The maximum absolute atomic E-state index is 14.0. The number of ether oxygens (including phenoxy) is 2. The minimum absolute atomic E-state index is 0.347. The first kappa shape index (κ1) is 32.4. The molecule has 230 valence electrons. The maximum atomic E-state index is 14.0. The molecule has 0 saturated heterocycles. The predicted octanol–water partition coefficient (Wildman–Crippen LogP) is 9.66. The summed E-state index contributed by atoms with van der Waals surface area (Å²) in [6, 6.07) is 26.2. The molecule has 0 fully saturated rings. The summed E-state index contributed by atoms with van der Waals surface area (Å²) in [5.41, 5.74) is -2.18. The molecule has 0 spiro atoms. The Morgan fingerprint density at radius 2 is 1.07 bits per heavy atom. The molecule has 0 aliphatic carbocycles. The first-order chi connectivity index (χ1) is 19.9. The highest BCUT2D eigenvalue weighted by Crippen LogP contribution is 2.72. The van der Waals surface area contributed by atoms with E-state index in [1.54, 1.807) is 78.9 Å². The second kappa shape index (κ2) is 11.9. The summed E-state index contributed by atoms with van der Waals surface area (Å²) in [7, 11) is -7.77. The summed E-state index contributed by atoms with van der Waals surface area (Å²) in [5, 5.41) is 0. The van der Waals surface area contributed by atoms with Crippen molar-refractivity contribution in [1.82, 2.24) is 0 Å². The Labute approximate surface area is 253 Å². The van der Waals surface area contributed by atoms with Crippen molar-refractivity contribution in [3.63, 3.8) is 0 Å². The molecule has 0 aromatic heterocycles. The zero-order chi connectivity index (χ0) is 31.7. The van der Waals surface area contributed by atoms with Crippen LogP contribution in [0.4, 0.5) is 13.2 Å². The Balaban J connectivity index is 2.04. The normalized spacial score (nSPS) is 13.4. The van der Waals surface area contributed by atoms with Crippen LogP contribution in [0.5, 0.6) is 11.5 Å². The average molecular weight is 633 g/mol. The third kappa shape index (κ3) is 7.74. The van der Waals surface area contributed by atoms with Gasteiger partial charge in [-0.2, -0.15) is 21.6 Å². The van der Waals surface area contributed by atoms with Crippen LogP contribution < -0.4 is 9.47 Å². The lowest BCUT2D eigenvalue weighted by molar-refractivity contribution is -0.137. The van der Waals surface area contributed by atoms with E-state index in [1.807, 2.05) is 41.5 Å². The van der Waals surface area contributed by atoms with Crippen molar-refractivity contribution in [1.29, 1.82) is 0 Å². The molecule has 0 aliphatic heterocycles. The van der Waals surface area contributed by atoms with Crippen LogP contribution in [0.3, 0.4) is 0 Å². The summed E-state index contributed by atoms with van der Waals surface area (Å²) >= 11 is 0. The summed E-state index contributed by atoms with van der Waals surface area (Å²) < 4.78 is 86.8. The Morgan fingerprint density at radius 3 is 1.51 bits per heavy atom. The van der Waals surface area contributed by atoms with E-state index in [-0.39, 0.29) is 0 Å². The van der Waals surface area contributed by atoms with E-state index >= 15 is 0 Å².